The molecule has 4 rings (SSSR count). The molecule has 1 unspecified atom stereocenters. The third-order valence-electron chi connectivity index (χ3n) is 5.22. The number of aliphatic imine (C=N–C) groups is 1. The summed E-state index contributed by atoms with van der Waals surface area (Å²) in [7, 11) is 0. The molecule has 1 saturated carbocycles. The van der Waals surface area contributed by atoms with E-state index in [4.69, 9.17) is 4.74 Å². The second-order valence-corrected chi connectivity index (χ2v) is 7.31. The number of nitrogens with zero attached hydrogens (tertiary/aromatic N) is 2. The zero-order chi connectivity index (χ0) is 19.0. The van der Waals surface area contributed by atoms with Gasteiger partial charge in [0.25, 0.3) is 5.69 Å². The molecule has 6 heteroatoms. The van der Waals surface area contributed by atoms with Gasteiger partial charge in [0.1, 0.15) is 11.4 Å². The van der Waals surface area contributed by atoms with Gasteiger partial charge in [-0.3, -0.25) is 14.9 Å². The molecule has 0 amide bonds. The summed E-state index contributed by atoms with van der Waals surface area (Å²) in [6.07, 6.45) is 3.05. The lowest BCUT2D eigenvalue weighted by molar-refractivity contribution is -0.384. The summed E-state index contributed by atoms with van der Waals surface area (Å²) in [5.74, 6) is 0.955. The zero-order valence-corrected chi connectivity index (χ0v) is 15.1. The van der Waals surface area contributed by atoms with Gasteiger partial charge in [-0.25, -0.2) is 4.99 Å². The van der Waals surface area contributed by atoms with Crippen molar-refractivity contribution in [3.8, 4) is 0 Å². The van der Waals surface area contributed by atoms with Gasteiger partial charge in [0.2, 0.25) is 5.90 Å². The number of ether oxygens (including phenoxy) is 1. The summed E-state index contributed by atoms with van der Waals surface area (Å²) < 4.78 is 6.27. The minimum Gasteiger partial charge on any atom is -0.466 e. The smallest absolute Gasteiger partial charge is 0.269 e. The lowest BCUT2D eigenvalue weighted by Crippen LogP contribution is -2.33. The standard InChI is InChI=1S/C21H20N2O4/c1-21(13-12-19(24)14-6-7-14)17-4-2-3-5-18(17)22-20(27-21)15-8-10-16(11-9-15)23(25)26/h2-5,8-11,14H,6-7,12-13H2,1H3. The van der Waals surface area contributed by atoms with Crippen LogP contribution in [-0.2, 0) is 15.1 Å². The highest BCUT2D eigenvalue weighted by Gasteiger charge is 2.38. The van der Waals surface area contributed by atoms with Crippen molar-refractivity contribution in [1.82, 2.24) is 0 Å². The fourth-order valence-corrected chi connectivity index (χ4v) is 3.42. The van der Waals surface area contributed by atoms with E-state index < -0.39 is 10.5 Å². The lowest BCUT2D eigenvalue weighted by Gasteiger charge is -2.35. The average molecular weight is 364 g/mol. The highest BCUT2D eigenvalue weighted by atomic mass is 16.6. The second-order valence-electron chi connectivity index (χ2n) is 7.31. The molecule has 1 atom stereocenters. The quantitative estimate of drug-likeness (QED) is 0.550. The predicted molar refractivity (Wildman–Crippen MR) is 101 cm³/mol. The van der Waals surface area contributed by atoms with Crippen LogP contribution < -0.4 is 0 Å². The first-order chi connectivity index (χ1) is 13.0. The van der Waals surface area contributed by atoms with Crippen LogP contribution in [0.1, 0.15) is 43.7 Å². The monoisotopic (exact) mass is 364 g/mol. The van der Waals surface area contributed by atoms with Crippen LogP contribution in [0.15, 0.2) is 53.5 Å². The molecule has 0 aromatic heterocycles. The number of nitro groups is 1. The van der Waals surface area contributed by atoms with Crippen molar-refractivity contribution in [1.29, 1.82) is 0 Å². The Morgan fingerprint density at radius 3 is 2.59 bits per heavy atom. The highest BCUT2D eigenvalue weighted by Crippen LogP contribution is 2.42. The molecule has 0 radical (unpaired) electrons. The summed E-state index contributed by atoms with van der Waals surface area (Å²) in [5.41, 5.74) is 1.79. The Morgan fingerprint density at radius 2 is 1.93 bits per heavy atom. The molecule has 2 aromatic rings. The van der Waals surface area contributed by atoms with Gasteiger partial charge in [-0.1, -0.05) is 18.2 Å². The van der Waals surface area contributed by atoms with E-state index in [2.05, 4.69) is 4.99 Å². The molecular weight excluding hydrogens is 344 g/mol. The summed E-state index contributed by atoms with van der Waals surface area (Å²) in [5, 5.41) is 10.9. The molecule has 0 N–H and O–H groups in total. The van der Waals surface area contributed by atoms with E-state index in [-0.39, 0.29) is 11.6 Å². The largest absolute Gasteiger partial charge is 0.466 e. The number of hydrogen-bond donors (Lipinski definition) is 0. The number of nitro benzene ring substituents is 1. The number of ketones is 1. The summed E-state index contributed by atoms with van der Waals surface area (Å²) >= 11 is 0. The van der Waals surface area contributed by atoms with Gasteiger partial charge in [0.05, 0.1) is 10.6 Å². The molecule has 1 aliphatic carbocycles. The molecule has 1 aliphatic heterocycles. The van der Waals surface area contributed by atoms with Crippen molar-refractivity contribution in [2.24, 2.45) is 10.9 Å². The molecule has 0 bridgehead atoms. The molecule has 1 fully saturated rings. The Bertz CT molecular complexity index is 931. The highest BCUT2D eigenvalue weighted by molar-refractivity contribution is 5.97. The minimum atomic E-state index is -0.667. The van der Waals surface area contributed by atoms with E-state index in [1.54, 1.807) is 12.1 Å². The molecule has 0 spiro atoms. The fraction of sp³-hybridized carbons (Fsp3) is 0.333. The average Bonchev–Trinajstić information content (AvgIpc) is 3.51. The second kappa shape index (κ2) is 6.61. The van der Waals surface area contributed by atoms with Crippen molar-refractivity contribution in [3.63, 3.8) is 0 Å². The van der Waals surface area contributed by atoms with Gasteiger partial charge in [-0.2, -0.15) is 0 Å². The third kappa shape index (κ3) is 3.47. The molecular formula is C21H20N2O4. The Kier molecular flexibility index (Phi) is 4.26. The maximum atomic E-state index is 12.2. The summed E-state index contributed by atoms with van der Waals surface area (Å²) in [6.45, 7) is 1.98. The van der Waals surface area contributed by atoms with Crippen molar-refractivity contribution < 1.29 is 14.5 Å². The van der Waals surface area contributed by atoms with E-state index in [1.807, 2.05) is 31.2 Å². The molecule has 2 aromatic carbocycles. The van der Waals surface area contributed by atoms with Crippen LogP contribution >= 0.6 is 0 Å². The third-order valence-corrected chi connectivity index (χ3v) is 5.22. The maximum Gasteiger partial charge on any atom is 0.269 e. The first-order valence-corrected chi connectivity index (χ1v) is 9.11. The number of carbonyl (C=O) groups excluding carboxylic acids is 1. The number of para-hydroxylation sites is 1. The van der Waals surface area contributed by atoms with Crippen LogP contribution in [0.3, 0.4) is 0 Å². The topological polar surface area (TPSA) is 81.8 Å². The van der Waals surface area contributed by atoms with Crippen LogP contribution in [-0.4, -0.2) is 16.6 Å². The van der Waals surface area contributed by atoms with Gasteiger partial charge in [-0.15, -0.1) is 0 Å². The Hall–Kier alpha value is -3.02. The first kappa shape index (κ1) is 17.4. The van der Waals surface area contributed by atoms with Crippen LogP contribution in [0, 0.1) is 16.0 Å². The van der Waals surface area contributed by atoms with Crippen molar-refractivity contribution >= 4 is 23.1 Å². The van der Waals surface area contributed by atoms with Gasteiger partial charge in [0.15, 0.2) is 0 Å². The normalized spacial score (nSPS) is 21.0. The van der Waals surface area contributed by atoms with Crippen LogP contribution in [0.5, 0.6) is 0 Å². The molecule has 27 heavy (non-hydrogen) atoms. The number of non-ortho nitro benzene ring substituents is 1. The van der Waals surface area contributed by atoms with E-state index in [0.717, 1.165) is 24.1 Å². The van der Waals surface area contributed by atoms with Gasteiger partial charge < -0.3 is 4.74 Å². The number of fused-ring (bicyclic) bond motifs is 1. The Morgan fingerprint density at radius 1 is 1.22 bits per heavy atom. The van der Waals surface area contributed by atoms with Crippen LogP contribution in [0.2, 0.25) is 0 Å². The number of hydrogen-bond acceptors (Lipinski definition) is 5. The Balaban J connectivity index is 1.64. The van der Waals surface area contributed by atoms with Crippen LogP contribution in [0.4, 0.5) is 11.4 Å². The molecule has 0 saturated heterocycles. The number of Topliss-reactive ketones (excluding diaryl/α,β-unsaturated/α-hetero) is 1. The Labute approximate surface area is 157 Å². The number of benzene rings is 2. The van der Waals surface area contributed by atoms with E-state index in [9.17, 15) is 14.9 Å². The number of rotatable bonds is 6. The van der Waals surface area contributed by atoms with E-state index in [0.29, 0.717) is 30.1 Å². The minimum absolute atomic E-state index is 0.0216. The molecule has 138 valence electrons. The van der Waals surface area contributed by atoms with Gasteiger partial charge >= 0.3 is 0 Å². The SMILES string of the molecule is CC1(CCC(=O)C2CC2)OC(c2ccc([N+](=O)[O-])cc2)=Nc2ccccc21. The first-order valence-electron chi connectivity index (χ1n) is 9.11. The van der Waals surface area contributed by atoms with Crippen molar-refractivity contribution in [2.75, 3.05) is 0 Å². The molecule has 2 aliphatic rings. The summed E-state index contributed by atoms with van der Waals surface area (Å²) in [6, 6.07) is 13.9. The zero-order valence-electron chi connectivity index (χ0n) is 15.1. The lowest BCUT2D eigenvalue weighted by atomic mass is 9.87. The van der Waals surface area contributed by atoms with Crippen LogP contribution in [0.25, 0.3) is 0 Å². The predicted octanol–water partition coefficient (Wildman–Crippen LogP) is 4.68. The van der Waals surface area contributed by atoms with E-state index >= 15 is 0 Å². The van der Waals surface area contributed by atoms with Gasteiger partial charge in [-0.05, 0) is 44.4 Å². The summed E-state index contributed by atoms with van der Waals surface area (Å²) in [4.78, 5) is 27.2. The van der Waals surface area contributed by atoms with Crippen molar-refractivity contribution in [3.05, 3.63) is 69.8 Å². The maximum absolute atomic E-state index is 12.2. The fourth-order valence-electron chi connectivity index (χ4n) is 3.42. The number of carbonyl (C=O) groups is 1. The molecule has 1 heterocycles. The van der Waals surface area contributed by atoms with Gasteiger partial charge in [0, 0.05) is 35.6 Å². The van der Waals surface area contributed by atoms with Crippen molar-refractivity contribution in [2.45, 2.75) is 38.2 Å². The van der Waals surface area contributed by atoms with E-state index in [1.165, 1.54) is 12.1 Å². The molecule has 6 nitrogen and oxygen atoms in total.